The third-order valence-corrected chi connectivity index (χ3v) is 5.14. The molecule has 0 fully saturated rings. The number of nitrogens with zero attached hydrogens (tertiary/aromatic N) is 2. The molecule has 3 aromatic heterocycles. The SMILES string of the molecule is O=c1c(-c2cc(Cc3ccc(COc4ccccn4)cc3)[nH+]o2)cccn1COP(=O)(O)O. The van der Waals surface area contributed by atoms with Crippen molar-refractivity contribution in [3.63, 3.8) is 0 Å². The Balaban J connectivity index is 1.41. The molecule has 0 aliphatic heterocycles. The lowest BCUT2D eigenvalue weighted by Crippen LogP contribution is -2.21. The Morgan fingerprint density at radius 3 is 2.58 bits per heavy atom. The second-order valence-electron chi connectivity index (χ2n) is 7.13. The van der Waals surface area contributed by atoms with Crippen LogP contribution in [0.25, 0.3) is 11.3 Å². The zero-order valence-corrected chi connectivity index (χ0v) is 18.2. The Labute approximate surface area is 188 Å². The fourth-order valence-electron chi connectivity index (χ4n) is 3.08. The molecule has 170 valence electrons. The zero-order valence-electron chi connectivity index (χ0n) is 17.3. The quantitative estimate of drug-likeness (QED) is 0.356. The number of phosphoric ester groups is 1. The molecule has 0 amide bonds. The van der Waals surface area contributed by atoms with Gasteiger partial charge in [0.15, 0.2) is 0 Å². The third kappa shape index (κ3) is 6.24. The molecule has 4 aromatic rings. The maximum Gasteiger partial charge on any atom is 0.471 e. The Hall–Kier alpha value is -3.56. The molecule has 0 bridgehead atoms. The predicted molar refractivity (Wildman–Crippen MR) is 116 cm³/mol. The van der Waals surface area contributed by atoms with Gasteiger partial charge < -0.3 is 14.5 Å². The van der Waals surface area contributed by atoms with Crippen LogP contribution >= 0.6 is 7.82 Å². The van der Waals surface area contributed by atoms with E-state index in [1.807, 2.05) is 36.4 Å². The molecule has 0 atom stereocenters. The summed E-state index contributed by atoms with van der Waals surface area (Å²) in [5.74, 6) is 0.872. The second-order valence-corrected chi connectivity index (χ2v) is 8.37. The van der Waals surface area contributed by atoms with Crippen molar-refractivity contribution in [3.05, 3.63) is 100 Å². The smallest absolute Gasteiger partial charge is 0.471 e. The molecule has 1 aromatic carbocycles. The van der Waals surface area contributed by atoms with E-state index >= 15 is 0 Å². The Morgan fingerprint density at radius 1 is 1.06 bits per heavy atom. The van der Waals surface area contributed by atoms with E-state index in [9.17, 15) is 9.36 Å². The molecule has 0 aliphatic rings. The van der Waals surface area contributed by atoms with Crippen molar-refractivity contribution in [3.8, 4) is 17.2 Å². The van der Waals surface area contributed by atoms with Crippen LogP contribution in [0.4, 0.5) is 0 Å². The van der Waals surface area contributed by atoms with Crippen LogP contribution in [0.5, 0.6) is 5.88 Å². The van der Waals surface area contributed by atoms with Crippen molar-refractivity contribution in [1.29, 1.82) is 0 Å². The molecule has 0 spiro atoms. The van der Waals surface area contributed by atoms with Gasteiger partial charge in [0, 0.05) is 18.5 Å². The molecule has 3 heterocycles. The number of rotatable bonds is 9. The normalized spacial score (nSPS) is 11.5. The van der Waals surface area contributed by atoms with Crippen molar-refractivity contribution in [2.24, 2.45) is 0 Å². The first-order valence-electron chi connectivity index (χ1n) is 9.89. The van der Waals surface area contributed by atoms with E-state index in [0.29, 0.717) is 24.7 Å². The van der Waals surface area contributed by atoms with Gasteiger partial charge in [-0.25, -0.2) is 14.1 Å². The van der Waals surface area contributed by atoms with Crippen LogP contribution in [0.15, 0.2) is 82.4 Å². The summed E-state index contributed by atoms with van der Waals surface area (Å²) < 4.78 is 27.4. The molecule has 33 heavy (non-hydrogen) atoms. The van der Waals surface area contributed by atoms with E-state index in [4.69, 9.17) is 19.0 Å². The van der Waals surface area contributed by atoms with E-state index in [2.05, 4.69) is 14.7 Å². The number of aromatic nitrogens is 3. The lowest BCUT2D eigenvalue weighted by Gasteiger charge is -2.08. The van der Waals surface area contributed by atoms with Crippen LogP contribution in [-0.4, -0.2) is 19.3 Å². The molecule has 0 unspecified atom stereocenters. The van der Waals surface area contributed by atoms with Gasteiger partial charge in [-0.15, -0.1) is 0 Å². The second kappa shape index (κ2) is 9.93. The van der Waals surface area contributed by atoms with Gasteiger partial charge in [-0.1, -0.05) is 30.3 Å². The molecule has 10 nitrogen and oxygen atoms in total. The first-order chi connectivity index (χ1) is 15.9. The van der Waals surface area contributed by atoms with E-state index in [0.717, 1.165) is 21.4 Å². The molecule has 3 N–H and O–H groups in total. The Morgan fingerprint density at radius 2 is 1.85 bits per heavy atom. The average molecular weight is 470 g/mol. The highest BCUT2D eigenvalue weighted by Crippen LogP contribution is 2.35. The number of hydrogen-bond donors (Lipinski definition) is 2. The molecule has 11 heteroatoms. The minimum Gasteiger partial charge on any atom is -0.473 e. The summed E-state index contributed by atoms with van der Waals surface area (Å²) in [7, 11) is -4.70. The van der Waals surface area contributed by atoms with E-state index in [-0.39, 0.29) is 5.56 Å². The van der Waals surface area contributed by atoms with Crippen LogP contribution in [0.3, 0.4) is 0 Å². The summed E-state index contributed by atoms with van der Waals surface area (Å²) in [5.41, 5.74) is 2.52. The van der Waals surface area contributed by atoms with Gasteiger partial charge in [0.25, 0.3) is 5.56 Å². The largest absolute Gasteiger partial charge is 0.473 e. The Bertz CT molecular complexity index is 1310. The van der Waals surface area contributed by atoms with Crippen molar-refractivity contribution >= 4 is 7.82 Å². The maximum atomic E-state index is 12.6. The van der Waals surface area contributed by atoms with Crippen LogP contribution in [0, 0.1) is 0 Å². The highest BCUT2D eigenvalue weighted by Gasteiger charge is 2.18. The average Bonchev–Trinajstić information content (AvgIpc) is 3.26. The highest BCUT2D eigenvalue weighted by molar-refractivity contribution is 7.46. The van der Waals surface area contributed by atoms with Crippen LogP contribution in [0.1, 0.15) is 16.8 Å². The summed E-state index contributed by atoms with van der Waals surface area (Å²) >= 11 is 0. The minimum absolute atomic E-state index is 0.233. The van der Waals surface area contributed by atoms with Crippen LogP contribution in [-0.2, 0) is 28.8 Å². The fourth-order valence-corrected chi connectivity index (χ4v) is 3.36. The number of hydrogen-bond acceptors (Lipinski definition) is 6. The minimum atomic E-state index is -4.70. The fraction of sp³-hybridized carbons (Fsp3) is 0.136. The monoisotopic (exact) mass is 470 g/mol. The Kier molecular flexibility index (Phi) is 6.81. The van der Waals surface area contributed by atoms with Gasteiger partial charge in [-0.3, -0.25) is 13.9 Å². The lowest BCUT2D eigenvalue weighted by molar-refractivity contribution is -0.613. The van der Waals surface area contributed by atoms with Crippen LogP contribution < -0.4 is 15.5 Å². The van der Waals surface area contributed by atoms with Gasteiger partial charge in [0.05, 0.1) is 18.1 Å². The predicted octanol–water partition coefficient (Wildman–Crippen LogP) is 2.55. The molecular formula is C22H21N3O7P+. The van der Waals surface area contributed by atoms with E-state index in [1.54, 1.807) is 30.5 Å². The van der Waals surface area contributed by atoms with Gasteiger partial charge >= 0.3 is 7.82 Å². The molecule has 0 aliphatic carbocycles. The first-order valence-corrected chi connectivity index (χ1v) is 11.4. The topological polar surface area (TPSA) is 138 Å². The highest BCUT2D eigenvalue weighted by atomic mass is 31.2. The van der Waals surface area contributed by atoms with Gasteiger partial charge in [0.1, 0.15) is 13.3 Å². The summed E-state index contributed by atoms with van der Waals surface area (Å²) in [6.45, 7) is -0.171. The molecule has 0 saturated heterocycles. The molecule has 0 radical (unpaired) electrons. The third-order valence-electron chi connectivity index (χ3n) is 4.69. The molecule has 0 saturated carbocycles. The summed E-state index contributed by atoms with van der Waals surface area (Å²) in [6.07, 6.45) is 3.59. The van der Waals surface area contributed by atoms with Crippen LogP contribution in [0.2, 0.25) is 0 Å². The number of ether oxygens (including phenoxy) is 1. The van der Waals surface area contributed by atoms with Crippen molar-refractivity contribution < 1.29 is 33.3 Å². The van der Waals surface area contributed by atoms with Crippen molar-refractivity contribution in [2.75, 3.05) is 0 Å². The van der Waals surface area contributed by atoms with Gasteiger partial charge in [-0.05, 0) is 34.5 Å². The van der Waals surface area contributed by atoms with Crippen molar-refractivity contribution in [2.45, 2.75) is 19.8 Å². The van der Waals surface area contributed by atoms with Gasteiger partial charge in [0.2, 0.25) is 17.3 Å². The number of benzene rings is 1. The zero-order chi connectivity index (χ0) is 23.3. The number of pyridine rings is 2. The number of phosphoric acid groups is 1. The summed E-state index contributed by atoms with van der Waals surface area (Å²) in [4.78, 5) is 34.4. The van der Waals surface area contributed by atoms with Crippen molar-refractivity contribution in [1.82, 2.24) is 9.55 Å². The van der Waals surface area contributed by atoms with Gasteiger partial charge in [-0.2, -0.15) is 0 Å². The number of nitrogens with one attached hydrogen (secondary N) is 1. The molecule has 4 rings (SSSR count). The van der Waals surface area contributed by atoms with E-state index in [1.165, 1.54) is 6.20 Å². The standard InChI is InChI=1S/C22H20N3O7P/c26-22-19(4-3-11-25(22)15-31-33(27,28)29)20-13-18(24-32-20)12-16-6-8-17(9-7-16)14-30-21-5-1-2-10-23-21/h1-11,13H,12,14-15H2,(H2,27,28,29)/p+1. The summed E-state index contributed by atoms with van der Waals surface area (Å²) in [5, 5.41) is 2.81. The number of H-pyrrole nitrogens is 1. The maximum absolute atomic E-state index is 12.6. The number of aromatic amines is 1. The lowest BCUT2D eigenvalue weighted by atomic mass is 10.1. The van der Waals surface area contributed by atoms with E-state index < -0.39 is 20.1 Å². The first kappa shape index (κ1) is 22.6. The summed E-state index contributed by atoms with van der Waals surface area (Å²) in [6, 6.07) is 18.2. The molecular weight excluding hydrogens is 449 g/mol.